The number of piperidine rings is 1. The summed E-state index contributed by atoms with van der Waals surface area (Å²) in [5.74, 6) is 1.27. The Balaban J connectivity index is 1.51. The van der Waals surface area contributed by atoms with Crippen molar-refractivity contribution < 1.29 is 4.92 Å². The van der Waals surface area contributed by atoms with Crippen molar-refractivity contribution in [2.45, 2.75) is 26.3 Å². The van der Waals surface area contributed by atoms with E-state index in [0.29, 0.717) is 17.7 Å². The molecule has 2 aliphatic heterocycles. The van der Waals surface area contributed by atoms with E-state index < -0.39 is 4.92 Å². The summed E-state index contributed by atoms with van der Waals surface area (Å²) in [4.78, 5) is 26.6. The van der Waals surface area contributed by atoms with E-state index in [-0.39, 0.29) is 11.5 Å². The van der Waals surface area contributed by atoms with Crippen LogP contribution in [0.2, 0.25) is 0 Å². The molecule has 9 nitrogen and oxygen atoms in total. The summed E-state index contributed by atoms with van der Waals surface area (Å²) in [6.45, 7) is 7.87. The lowest BCUT2D eigenvalue weighted by molar-refractivity contribution is -0.383. The van der Waals surface area contributed by atoms with Gasteiger partial charge in [-0.2, -0.15) is 9.97 Å². The normalized spacial score (nSPS) is 20.4. The van der Waals surface area contributed by atoms with E-state index in [1.807, 2.05) is 11.0 Å². The molecule has 1 aromatic heterocycles. The molecule has 0 spiro atoms. The molecular weight excluding hydrogens is 382 g/mol. The first-order valence-electron chi connectivity index (χ1n) is 10.6. The topological polar surface area (TPSA) is 105 Å². The lowest BCUT2D eigenvalue weighted by Gasteiger charge is -2.36. The number of piperazine rings is 1. The first kappa shape index (κ1) is 20.3. The summed E-state index contributed by atoms with van der Waals surface area (Å²) in [6, 6.07) is 10.4. The van der Waals surface area contributed by atoms with Crippen LogP contribution in [0.25, 0.3) is 0 Å². The molecule has 0 unspecified atom stereocenters. The molecule has 0 radical (unpaired) electrons. The molecule has 3 heterocycles. The van der Waals surface area contributed by atoms with Gasteiger partial charge < -0.3 is 15.5 Å². The Labute approximate surface area is 176 Å². The molecule has 0 aliphatic carbocycles. The first-order valence-corrected chi connectivity index (χ1v) is 10.6. The van der Waals surface area contributed by atoms with E-state index in [1.54, 1.807) is 0 Å². The zero-order valence-corrected chi connectivity index (χ0v) is 17.4. The highest BCUT2D eigenvalue weighted by molar-refractivity contribution is 5.71. The number of anilines is 3. The minimum absolute atomic E-state index is 0.0510. The Hall–Kier alpha value is -2.94. The SMILES string of the molecule is C[C@H]1CCCN(c2nc(N3CCN(Cc4ccccc4)CC3)nc(N)c2[N+](=O)[O-])C1. The van der Waals surface area contributed by atoms with Gasteiger partial charge in [0.1, 0.15) is 0 Å². The number of hydrogen-bond donors (Lipinski definition) is 1. The monoisotopic (exact) mass is 411 g/mol. The van der Waals surface area contributed by atoms with Crippen molar-refractivity contribution >= 4 is 23.3 Å². The third-order valence-electron chi connectivity index (χ3n) is 5.92. The fraction of sp³-hybridized carbons (Fsp3) is 0.524. The summed E-state index contributed by atoms with van der Waals surface area (Å²) < 4.78 is 0. The van der Waals surface area contributed by atoms with Crippen LogP contribution in [-0.4, -0.2) is 59.1 Å². The van der Waals surface area contributed by atoms with E-state index in [2.05, 4.69) is 51.0 Å². The van der Waals surface area contributed by atoms with Gasteiger partial charge in [0.2, 0.25) is 17.6 Å². The molecule has 0 saturated carbocycles. The van der Waals surface area contributed by atoms with Crippen LogP contribution >= 0.6 is 0 Å². The molecule has 2 aliphatic rings. The Morgan fingerprint density at radius 1 is 1.10 bits per heavy atom. The van der Waals surface area contributed by atoms with E-state index >= 15 is 0 Å². The molecule has 2 saturated heterocycles. The number of benzene rings is 1. The maximum absolute atomic E-state index is 11.7. The molecule has 2 N–H and O–H groups in total. The number of aromatic nitrogens is 2. The van der Waals surface area contributed by atoms with Crippen LogP contribution in [0.5, 0.6) is 0 Å². The average Bonchev–Trinajstić information content (AvgIpc) is 2.74. The highest BCUT2D eigenvalue weighted by Crippen LogP contribution is 2.35. The van der Waals surface area contributed by atoms with E-state index in [4.69, 9.17) is 5.73 Å². The summed E-state index contributed by atoms with van der Waals surface area (Å²) >= 11 is 0. The highest BCUT2D eigenvalue weighted by atomic mass is 16.6. The number of nitrogens with two attached hydrogens (primary N) is 1. The summed E-state index contributed by atoms with van der Waals surface area (Å²) in [5.41, 5.74) is 7.17. The molecule has 2 fully saturated rings. The second-order valence-electron chi connectivity index (χ2n) is 8.28. The Morgan fingerprint density at radius 3 is 2.50 bits per heavy atom. The molecule has 4 rings (SSSR count). The van der Waals surface area contributed by atoms with Crippen LogP contribution in [0.4, 0.5) is 23.3 Å². The van der Waals surface area contributed by atoms with Gasteiger partial charge in [0.25, 0.3) is 0 Å². The maximum Gasteiger partial charge on any atom is 0.353 e. The van der Waals surface area contributed by atoms with Crippen LogP contribution in [-0.2, 0) is 6.54 Å². The van der Waals surface area contributed by atoms with E-state index in [1.165, 1.54) is 5.56 Å². The van der Waals surface area contributed by atoms with Crippen molar-refractivity contribution in [2.75, 3.05) is 54.8 Å². The first-order chi connectivity index (χ1) is 14.5. The standard InChI is InChI=1S/C21H29N7O2/c1-16-6-5-9-27(14-16)20-18(28(29)30)19(22)23-21(24-20)26-12-10-25(11-13-26)15-17-7-3-2-4-8-17/h2-4,7-8,16H,5-6,9-15H2,1H3,(H2,22,23,24)/t16-/m0/s1. The van der Waals surface area contributed by atoms with Crippen LogP contribution in [0.3, 0.4) is 0 Å². The van der Waals surface area contributed by atoms with E-state index in [9.17, 15) is 10.1 Å². The third kappa shape index (κ3) is 4.46. The van der Waals surface area contributed by atoms with Gasteiger partial charge in [-0.25, -0.2) is 0 Å². The lowest BCUT2D eigenvalue weighted by Crippen LogP contribution is -2.46. The predicted octanol–water partition coefficient (Wildman–Crippen LogP) is 2.53. The lowest BCUT2D eigenvalue weighted by atomic mass is 10.0. The van der Waals surface area contributed by atoms with Gasteiger partial charge in [-0.05, 0) is 24.3 Å². The fourth-order valence-electron chi connectivity index (χ4n) is 4.31. The number of nitrogen functional groups attached to an aromatic ring is 1. The van der Waals surface area contributed by atoms with Gasteiger partial charge in [-0.3, -0.25) is 15.0 Å². The van der Waals surface area contributed by atoms with Gasteiger partial charge in [-0.1, -0.05) is 37.3 Å². The van der Waals surface area contributed by atoms with Gasteiger partial charge >= 0.3 is 5.69 Å². The number of hydrogen-bond acceptors (Lipinski definition) is 8. The zero-order chi connectivity index (χ0) is 21.1. The van der Waals surface area contributed by atoms with Crippen LogP contribution in [0.15, 0.2) is 30.3 Å². The smallest absolute Gasteiger partial charge is 0.353 e. The predicted molar refractivity (Wildman–Crippen MR) is 118 cm³/mol. The zero-order valence-electron chi connectivity index (χ0n) is 17.4. The quantitative estimate of drug-likeness (QED) is 0.591. The minimum atomic E-state index is -0.453. The molecule has 1 atom stereocenters. The Kier molecular flexibility index (Phi) is 5.98. The van der Waals surface area contributed by atoms with Crippen molar-refractivity contribution in [2.24, 2.45) is 5.92 Å². The fourth-order valence-corrected chi connectivity index (χ4v) is 4.31. The maximum atomic E-state index is 11.7. The van der Waals surface area contributed by atoms with Crippen molar-refractivity contribution in [1.29, 1.82) is 0 Å². The third-order valence-corrected chi connectivity index (χ3v) is 5.92. The van der Waals surface area contributed by atoms with Gasteiger partial charge in [0.05, 0.1) is 4.92 Å². The highest BCUT2D eigenvalue weighted by Gasteiger charge is 2.31. The number of nitro groups is 1. The number of nitrogens with zero attached hydrogens (tertiary/aromatic N) is 6. The van der Waals surface area contributed by atoms with Gasteiger partial charge in [0.15, 0.2) is 0 Å². The van der Waals surface area contributed by atoms with Crippen molar-refractivity contribution in [3.05, 3.63) is 46.0 Å². The molecule has 160 valence electrons. The summed E-state index contributed by atoms with van der Waals surface area (Å²) in [7, 11) is 0. The molecule has 1 aromatic carbocycles. The molecule has 30 heavy (non-hydrogen) atoms. The van der Waals surface area contributed by atoms with Crippen molar-refractivity contribution in [3.8, 4) is 0 Å². The van der Waals surface area contributed by atoms with Crippen molar-refractivity contribution in [3.63, 3.8) is 0 Å². The Morgan fingerprint density at radius 2 is 1.83 bits per heavy atom. The molecule has 2 aromatic rings. The second kappa shape index (κ2) is 8.83. The molecule has 0 bridgehead atoms. The van der Waals surface area contributed by atoms with Crippen molar-refractivity contribution in [1.82, 2.24) is 14.9 Å². The van der Waals surface area contributed by atoms with Crippen LogP contribution < -0.4 is 15.5 Å². The van der Waals surface area contributed by atoms with E-state index in [0.717, 1.165) is 58.7 Å². The number of rotatable bonds is 5. The molecule has 9 heteroatoms. The molecule has 0 amide bonds. The van der Waals surface area contributed by atoms with Crippen LogP contribution in [0, 0.1) is 16.0 Å². The second-order valence-corrected chi connectivity index (χ2v) is 8.28. The van der Waals surface area contributed by atoms with Gasteiger partial charge in [-0.15, -0.1) is 0 Å². The van der Waals surface area contributed by atoms with Crippen LogP contribution in [0.1, 0.15) is 25.3 Å². The summed E-state index contributed by atoms with van der Waals surface area (Å²) in [6.07, 6.45) is 2.12. The minimum Gasteiger partial charge on any atom is -0.378 e. The van der Waals surface area contributed by atoms with Gasteiger partial charge in [0, 0.05) is 45.8 Å². The average molecular weight is 412 g/mol. The molecular formula is C21H29N7O2. The largest absolute Gasteiger partial charge is 0.378 e. The summed E-state index contributed by atoms with van der Waals surface area (Å²) in [5, 5.41) is 11.7. The Bertz CT molecular complexity index is 884.